The summed E-state index contributed by atoms with van der Waals surface area (Å²) in [5.41, 5.74) is 5.18. The minimum absolute atomic E-state index is 0.175. The van der Waals surface area contributed by atoms with Gasteiger partial charge in [0.1, 0.15) is 6.04 Å². The van der Waals surface area contributed by atoms with E-state index in [2.05, 4.69) is 33.5 Å². The third-order valence-electron chi connectivity index (χ3n) is 3.84. The molecular weight excluding hydrogens is 254 g/mol. The lowest BCUT2D eigenvalue weighted by Gasteiger charge is -2.29. The highest BCUT2D eigenvalue weighted by molar-refractivity contribution is 5.74. The molecule has 0 unspecified atom stereocenters. The quantitative estimate of drug-likeness (QED) is 0.777. The van der Waals surface area contributed by atoms with E-state index in [0.717, 1.165) is 28.1 Å². The molecule has 20 heavy (non-hydrogen) atoms. The number of nitrogens with zero attached hydrogens (tertiary/aromatic N) is 1. The Morgan fingerprint density at radius 3 is 2.95 bits per heavy atom. The third-order valence-corrected chi connectivity index (χ3v) is 3.84. The number of fused-ring (bicyclic) bond motifs is 1. The second-order valence-electron chi connectivity index (χ2n) is 5.32. The summed E-state index contributed by atoms with van der Waals surface area (Å²) in [7, 11) is 0. The molecule has 2 aromatic rings. The average molecular weight is 271 g/mol. The van der Waals surface area contributed by atoms with Crippen LogP contribution in [0.15, 0.2) is 24.5 Å². The van der Waals surface area contributed by atoms with Gasteiger partial charge in [-0.2, -0.15) is 0 Å². The van der Waals surface area contributed by atoms with Gasteiger partial charge in [0.2, 0.25) is 0 Å². The molecule has 0 aliphatic carbocycles. The van der Waals surface area contributed by atoms with E-state index < -0.39 is 12.0 Å². The zero-order valence-electron chi connectivity index (χ0n) is 11.5. The molecule has 2 heterocycles. The Bertz CT molecular complexity index is 663. The van der Waals surface area contributed by atoms with Crippen LogP contribution in [0, 0.1) is 13.8 Å². The topological polar surface area (TPSA) is 78.0 Å². The fraction of sp³-hybridized carbons (Fsp3) is 0.333. The van der Waals surface area contributed by atoms with Gasteiger partial charge in [0.15, 0.2) is 0 Å². The van der Waals surface area contributed by atoms with Crippen molar-refractivity contribution in [2.24, 2.45) is 0 Å². The zero-order chi connectivity index (χ0) is 14.3. The Hall–Kier alpha value is -2.14. The first-order chi connectivity index (χ1) is 9.56. The van der Waals surface area contributed by atoms with Crippen molar-refractivity contribution in [1.29, 1.82) is 0 Å². The number of nitrogens with one attached hydrogen (secondary N) is 2. The number of hydrogen-bond acceptors (Lipinski definition) is 3. The van der Waals surface area contributed by atoms with E-state index in [1.807, 2.05) is 13.8 Å². The largest absolute Gasteiger partial charge is 0.480 e. The number of hydrogen-bond donors (Lipinski definition) is 3. The lowest BCUT2D eigenvalue weighted by Crippen LogP contribution is -2.45. The van der Waals surface area contributed by atoms with Crippen LogP contribution < -0.4 is 5.32 Å². The second-order valence-corrected chi connectivity index (χ2v) is 5.32. The van der Waals surface area contributed by atoms with Crippen LogP contribution in [0.2, 0.25) is 0 Å². The number of imidazole rings is 1. The molecule has 0 amide bonds. The maximum Gasteiger partial charge on any atom is 0.321 e. The number of benzene rings is 1. The summed E-state index contributed by atoms with van der Waals surface area (Å²) in [6.07, 6.45) is 2.07. The fourth-order valence-corrected chi connectivity index (χ4v) is 2.75. The van der Waals surface area contributed by atoms with Gasteiger partial charge in [0.25, 0.3) is 0 Å². The van der Waals surface area contributed by atoms with Gasteiger partial charge in [-0.3, -0.25) is 10.1 Å². The normalized spacial score (nSPS) is 21.5. The molecule has 1 aliphatic heterocycles. The Morgan fingerprint density at radius 1 is 1.40 bits per heavy atom. The number of carboxylic acids is 1. The minimum Gasteiger partial charge on any atom is -0.480 e. The Morgan fingerprint density at radius 2 is 2.20 bits per heavy atom. The van der Waals surface area contributed by atoms with E-state index in [1.165, 1.54) is 0 Å². The number of H-pyrrole nitrogens is 1. The predicted molar refractivity (Wildman–Crippen MR) is 74.6 cm³/mol. The summed E-state index contributed by atoms with van der Waals surface area (Å²) in [5.74, 6) is -0.833. The molecule has 1 aromatic heterocycles. The van der Waals surface area contributed by atoms with Crippen LogP contribution in [-0.4, -0.2) is 27.1 Å². The summed E-state index contributed by atoms with van der Waals surface area (Å²) in [4.78, 5) is 18.7. The Labute approximate surface area is 117 Å². The van der Waals surface area contributed by atoms with Gasteiger partial charge in [-0.1, -0.05) is 23.8 Å². The maximum atomic E-state index is 11.3. The number of carbonyl (C=O) groups is 1. The highest BCUT2D eigenvalue weighted by Crippen LogP contribution is 2.30. The zero-order valence-corrected chi connectivity index (χ0v) is 11.5. The summed E-state index contributed by atoms with van der Waals surface area (Å²) in [6, 6.07) is 5.44. The maximum absolute atomic E-state index is 11.3. The smallest absolute Gasteiger partial charge is 0.321 e. The van der Waals surface area contributed by atoms with Gasteiger partial charge in [0.05, 0.1) is 18.1 Å². The van der Waals surface area contributed by atoms with Gasteiger partial charge in [-0.15, -0.1) is 0 Å². The van der Waals surface area contributed by atoms with Crippen molar-refractivity contribution in [2.45, 2.75) is 32.4 Å². The summed E-state index contributed by atoms with van der Waals surface area (Å²) >= 11 is 0. The molecule has 0 fully saturated rings. The van der Waals surface area contributed by atoms with E-state index >= 15 is 0 Å². The third kappa shape index (κ3) is 2.10. The standard InChI is InChI=1S/C15H17N3O2/c1-8-3-4-9(2)10(5-8)13-14-11(16-7-17-14)6-12(18-13)15(19)20/h3-5,7,12-13,18H,6H2,1-2H3,(H,16,17)(H,19,20)/t12-,13+/m1/s1. The molecule has 5 heteroatoms. The highest BCUT2D eigenvalue weighted by Gasteiger charge is 2.33. The van der Waals surface area contributed by atoms with Gasteiger partial charge in [-0.05, 0) is 25.0 Å². The molecule has 2 atom stereocenters. The molecular formula is C15H17N3O2. The van der Waals surface area contributed by atoms with Crippen LogP contribution in [0.1, 0.15) is 34.1 Å². The van der Waals surface area contributed by atoms with E-state index in [-0.39, 0.29) is 6.04 Å². The summed E-state index contributed by atoms with van der Waals surface area (Å²) < 4.78 is 0. The van der Waals surface area contributed by atoms with Crippen molar-refractivity contribution in [3.05, 3.63) is 52.6 Å². The van der Waals surface area contributed by atoms with Crippen molar-refractivity contribution in [3.8, 4) is 0 Å². The number of aromatic nitrogens is 2. The van der Waals surface area contributed by atoms with E-state index in [1.54, 1.807) is 6.33 Å². The first-order valence-electron chi connectivity index (χ1n) is 6.64. The predicted octanol–water partition coefficient (Wildman–Crippen LogP) is 1.71. The van der Waals surface area contributed by atoms with Crippen LogP contribution >= 0.6 is 0 Å². The van der Waals surface area contributed by atoms with Crippen LogP contribution in [0.5, 0.6) is 0 Å². The van der Waals surface area contributed by atoms with E-state index in [4.69, 9.17) is 0 Å². The van der Waals surface area contributed by atoms with Crippen LogP contribution in [0.25, 0.3) is 0 Å². The number of aliphatic carboxylic acids is 1. The number of rotatable bonds is 2. The van der Waals surface area contributed by atoms with Crippen LogP contribution in [0.4, 0.5) is 0 Å². The molecule has 0 radical (unpaired) electrons. The second kappa shape index (κ2) is 4.76. The minimum atomic E-state index is -0.833. The van der Waals surface area contributed by atoms with E-state index in [9.17, 15) is 9.90 Å². The van der Waals surface area contributed by atoms with Crippen molar-refractivity contribution in [1.82, 2.24) is 15.3 Å². The van der Waals surface area contributed by atoms with Gasteiger partial charge in [-0.25, -0.2) is 4.98 Å². The van der Waals surface area contributed by atoms with Crippen molar-refractivity contribution in [2.75, 3.05) is 0 Å². The molecule has 1 aliphatic rings. The first-order valence-corrected chi connectivity index (χ1v) is 6.64. The lowest BCUT2D eigenvalue weighted by molar-refractivity contribution is -0.139. The Balaban J connectivity index is 2.08. The molecule has 5 nitrogen and oxygen atoms in total. The molecule has 0 bridgehead atoms. The monoisotopic (exact) mass is 271 g/mol. The van der Waals surface area contributed by atoms with Crippen LogP contribution in [0.3, 0.4) is 0 Å². The number of carboxylic acid groups (broad SMARTS) is 1. The number of aryl methyl sites for hydroxylation is 2. The van der Waals surface area contributed by atoms with Crippen LogP contribution in [-0.2, 0) is 11.2 Å². The van der Waals surface area contributed by atoms with Gasteiger partial charge >= 0.3 is 5.97 Å². The Kier molecular flexibility index (Phi) is 3.06. The molecule has 1 aromatic carbocycles. The lowest BCUT2D eigenvalue weighted by atomic mass is 9.90. The summed E-state index contributed by atoms with van der Waals surface area (Å²) in [5, 5.41) is 12.5. The molecule has 0 saturated heterocycles. The SMILES string of the molecule is Cc1ccc(C)c([C@@H]2N[C@@H](C(=O)O)Cc3[nH]cnc32)c1. The highest BCUT2D eigenvalue weighted by atomic mass is 16.4. The number of aromatic amines is 1. The summed E-state index contributed by atoms with van der Waals surface area (Å²) in [6.45, 7) is 4.07. The molecule has 3 N–H and O–H groups in total. The fourth-order valence-electron chi connectivity index (χ4n) is 2.75. The van der Waals surface area contributed by atoms with Gasteiger partial charge in [0, 0.05) is 12.1 Å². The molecule has 104 valence electrons. The van der Waals surface area contributed by atoms with Crippen molar-refractivity contribution >= 4 is 5.97 Å². The molecule has 0 saturated carbocycles. The van der Waals surface area contributed by atoms with Crippen molar-refractivity contribution in [3.63, 3.8) is 0 Å². The van der Waals surface area contributed by atoms with E-state index in [0.29, 0.717) is 6.42 Å². The first kappa shape index (κ1) is 12.9. The van der Waals surface area contributed by atoms with Gasteiger partial charge < -0.3 is 10.1 Å². The average Bonchev–Trinajstić information content (AvgIpc) is 2.88. The molecule has 3 rings (SSSR count). The molecule has 0 spiro atoms. The van der Waals surface area contributed by atoms with Crippen molar-refractivity contribution < 1.29 is 9.90 Å².